The van der Waals surface area contributed by atoms with Gasteiger partial charge in [0.2, 0.25) is 0 Å². The average Bonchev–Trinajstić information content (AvgIpc) is 3.40. The van der Waals surface area contributed by atoms with Crippen molar-refractivity contribution in [2.75, 3.05) is 26.0 Å². The molecule has 0 radical (unpaired) electrons. The molecule has 1 aliphatic heterocycles. The Balaban J connectivity index is 1.38. The number of carbonyl (C=O) groups excluding carboxylic acids is 1. The topological polar surface area (TPSA) is 72.9 Å². The van der Waals surface area contributed by atoms with Crippen molar-refractivity contribution in [2.45, 2.75) is 50.7 Å². The van der Waals surface area contributed by atoms with Crippen LogP contribution in [0.4, 0.5) is 9.18 Å². The first kappa shape index (κ1) is 22.0. The molecular weight excluding hydrogens is 397 g/mol. The highest BCUT2D eigenvalue weighted by molar-refractivity contribution is 7.90. The van der Waals surface area contributed by atoms with Gasteiger partial charge in [-0.25, -0.2) is 17.6 Å². The van der Waals surface area contributed by atoms with E-state index >= 15 is 0 Å². The molecule has 29 heavy (non-hydrogen) atoms. The number of sulfone groups is 1. The molecule has 1 amide bonds. The van der Waals surface area contributed by atoms with E-state index in [1.54, 1.807) is 11.0 Å². The van der Waals surface area contributed by atoms with E-state index in [0.717, 1.165) is 38.6 Å². The Labute approximate surface area is 172 Å². The smallest absolute Gasteiger partial charge is 0.410 e. The van der Waals surface area contributed by atoms with E-state index in [1.807, 2.05) is 13.8 Å². The van der Waals surface area contributed by atoms with Gasteiger partial charge >= 0.3 is 6.09 Å². The number of halogens is 1. The highest BCUT2D eigenvalue weighted by atomic mass is 32.2. The average molecular weight is 428 g/mol. The molecule has 1 saturated carbocycles. The number of carbonyl (C=O) groups is 1. The van der Waals surface area contributed by atoms with Crippen molar-refractivity contribution in [3.05, 3.63) is 29.6 Å². The van der Waals surface area contributed by atoms with Gasteiger partial charge in [-0.1, -0.05) is 6.07 Å². The molecule has 3 rings (SSSR count). The first-order valence-electron chi connectivity index (χ1n) is 10.2. The van der Waals surface area contributed by atoms with Crippen LogP contribution < -0.4 is 0 Å². The van der Waals surface area contributed by atoms with Crippen LogP contribution in [0.15, 0.2) is 23.1 Å². The lowest BCUT2D eigenvalue weighted by atomic mass is 9.91. The van der Waals surface area contributed by atoms with Gasteiger partial charge in [-0.15, -0.1) is 0 Å². The van der Waals surface area contributed by atoms with Crippen molar-refractivity contribution in [3.8, 4) is 0 Å². The van der Waals surface area contributed by atoms with Crippen LogP contribution in [0.3, 0.4) is 0 Å². The van der Waals surface area contributed by atoms with Crippen LogP contribution in [0.1, 0.15) is 38.7 Å². The van der Waals surface area contributed by atoms with E-state index in [-0.39, 0.29) is 23.7 Å². The maximum absolute atomic E-state index is 13.9. The summed E-state index contributed by atoms with van der Waals surface area (Å²) in [5.41, 5.74) is 0.629. The number of amides is 1. The number of benzene rings is 1. The highest BCUT2D eigenvalue weighted by Gasteiger charge is 2.44. The Morgan fingerprint density at radius 2 is 1.97 bits per heavy atom. The second-order valence-electron chi connectivity index (χ2n) is 8.47. The monoisotopic (exact) mass is 427 g/mol. The van der Waals surface area contributed by atoms with E-state index in [9.17, 15) is 17.6 Å². The lowest BCUT2D eigenvalue weighted by Gasteiger charge is -2.32. The number of ether oxygens (including phenoxy) is 2. The molecule has 1 heterocycles. The maximum Gasteiger partial charge on any atom is 0.410 e. The van der Waals surface area contributed by atoms with Crippen molar-refractivity contribution in [1.29, 1.82) is 0 Å². The van der Waals surface area contributed by atoms with E-state index in [0.29, 0.717) is 29.9 Å². The quantitative estimate of drug-likeness (QED) is 0.664. The van der Waals surface area contributed by atoms with Crippen LogP contribution in [-0.2, 0) is 25.9 Å². The Bertz CT molecular complexity index is 833. The molecule has 0 spiro atoms. The van der Waals surface area contributed by atoms with Crippen molar-refractivity contribution in [1.82, 2.24) is 4.90 Å². The summed E-state index contributed by atoms with van der Waals surface area (Å²) >= 11 is 0. The molecule has 1 aromatic rings. The van der Waals surface area contributed by atoms with Crippen molar-refractivity contribution < 1.29 is 27.1 Å². The lowest BCUT2D eigenvalue weighted by Crippen LogP contribution is -2.40. The minimum atomic E-state index is -3.56. The molecule has 162 valence electrons. The van der Waals surface area contributed by atoms with E-state index in [4.69, 9.17) is 9.47 Å². The van der Waals surface area contributed by atoms with E-state index in [1.165, 1.54) is 12.1 Å². The lowest BCUT2D eigenvalue weighted by molar-refractivity contribution is 0.0615. The number of rotatable bonds is 7. The Hall–Kier alpha value is -1.67. The van der Waals surface area contributed by atoms with Gasteiger partial charge in [0.05, 0.1) is 19.3 Å². The molecule has 2 fully saturated rings. The molecule has 8 heteroatoms. The molecule has 0 N–H and O–H groups in total. The summed E-state index contributed by atoms with van der Waals surface area (Å²) in [5.74, 6) is 1.01. The molecule has 2 atom stereocenters. The fourth-order valence-electron chi connectivity index (χ4n) is 4.09. The Kier molecular flexibility index (Phi) is 6.83. The fraction of sp³-hybridized carbons (Fsp3) is 0.667. The Morgan fingerprint density at radius 1 is 1.28 bits per heavy atom. The van der Waals surface area contributed by atoms with Crippen LogP contribution in [0.2, 0.25) is 0 Å². The van der Waals surface area contributed by atoms with Crippen LogP contribution in [-0.4, -0.2) is 51.5 Å². The van der Waals surface area contributed by atoms with Crippen molar-refractivity contribution >= 4 is 15.9 Å². The zero-order chi connectivity index (χ0) is 21.2. The van der Waals surface area contributed by atoms with Gasteiger partial charge in [-0.3, -0.25) is 0 Å². The Morgan fingerprint density at radius 3 is 2.55 bits per heavy atom. The summed E-state index contributed by atoms with van der Waals surface area (Å²) in [4.78, 5) is 13.5. The van der Waals surface area contributed by atoms with Gasteiger partial charge in [0.15, 0.2) is 9.84 Å². The predicted octanol–water partition coefficient (Wildman–Crippen LogP) is 3.64. The van der Waals surface area contributed by atoms with Gasteiger partial charge in [0.1, 0.15) is 10.7 Å². The van der Waals surface area contributed by atoms with Crippen LogP contribution in [0.5, 0.6) is 0 Å². The third kappa shape index (κ3) is 5.92. The number of hydrogen-bond acceptors (Lipinski definition) is 5. The highest BCUT2D eigenvalue weighted by Crippen LogP contribution is 2.48. The molecular formula is C21H30FNO5S. The van der Waals surface area contributed by atoms with Crippen molar-refractivity contribution in [2.24, 2.45) is 17.8 Å². The molecule has 0 unspecified atom stereocenters. The molecule has 1 saturated heterocycles. The minimum absolute atomic E-state index is 0.0961. The molecule has 1 aromatic carbocycles. The first-order chi connectivity index (χ1) is 13.6. The summed E-state index contributed by atoms with van der Waals surface area (Å²) in [5, 5.41) is 0. The minimum Gasteiger partial charge on any atom is -0.447 e. The fourth-order valence-corrected chi connectivity index (χ4v) is 4.82. The second-order valence-corrected chi connectivity index (χ2v) is 10.5. The zero-order valence-corrected chi connectivity index (χ0v) is 18.1. The molecule has 1 aliphatic carbocycles. The SMILES string of the molecule is CC(C)OC(=O)N1CCC([C@H]2C[C@@H]2COCc2ccc(S(C)(=O)=O)c(F)c2)CC1. The molecule has 6 nitrogen and oxygen atoms in total. The summed E-state index contributed by atoms with van der Waals surface area (Å²) < 4.78 is 47.9. The van der Waals surface area contributed by atoms with Gasteiger partial charge in [0.25, 0.3) is 0 Å². The number of hydrogen-bond donors (Lipinski definition) is 0. The summed E-state index contributed by atoms with van der Waals surface area (Å²) in [7, 11) is -3.56. The maximum atomic E-state index is 13.9. The van der Waals surface area contributed by atoms with Gasteiger partial charge in [0, 0.05) is 19.3 Å². The van der Waals surface area contributed by atoms with Gasteiger partial charge in [-0.2, -0.15) is 0 Å². The largest absolute Gasteiger partial charge is 0.447 e. The van der Waals surface area contributed by atoms with Gasteiger partial charge < -0.3 is 14.4 Å². The summed E-state index contributed by atoms with van der Waals surface area (Å²) in [6.07, 6.45) is 3.79. The summed E-state index contributed by atoms with van der Waals surface area (Å²) in [6, 6.07) is 4.11. The third-order valence-electron chi connectivity index (χ3n) is 5.71. The van der Waals surface area contributed by atoms with Crippen LogP contribution in [0, 0.1) is 23.6 Å². The van der Waals surface area contributed by atoms with Crippen molar-refractivity contribution in [3.63, 3.8) is 0 Å². The van der Waals surface area contributed by atoms with Crippen LogP contribution >= 0.6 is 0 Å². The first-order valence-corrected chi connectivity index (χ1v) is 12.1. The van der Waals surface area contributed by atoms with E-state index in [2.05, 4.69) is 0 Å². The molecule has 0 bridgehead atoms. The standard InChI is InChI=1S/C21H30FNO5S/c1-14(2)28-21(24)23-8-6-16(7-9-23)18-11-17(18)13-27-12-15-4-5-20(19(22)10-15)29(3,25)26/h4-5,10,14,16-18H,6-9,11-13H2,1-3H3/t17-,18-/m1/s1. The van der Waals surface area contributed by atoms with Gasteiger partial charge in [-0.05, 0) is 68.6 Å². The number of piperidine rings is 1. The molecule has 2 aliphatic rings. The van der Waals surface area contributed by atoms with E-state index < -0.39 is 15.7 Å². The number of likely N-dealkylation sites (tertiary alicyclic amines) is 1. The number of nitrogens with zero attached hydrogens (tertiary/aromatic N) is 1. The second kappa shape index (κ2) is 9.00. The van der Waals surface area contributed by atoms with Crippen LogP contribution in [0.25, 0.3) is 0 Å². The zero-order valence-electron chi connectivity index (χ0n) is 17.3. The third-order valence-corrected chi connectivity index (χ3v) is 6.84. The summed E-state index contributed by atoms with van der Waals surface area (Å²) in [6.45, 7) is 6.08. The molecule has 0 aromatic heterocycles. The normalized spacial score (nSPS) is 22.7. The predicted molar refractivity (Wildman–Crippen MR) is 107 cm³/mol.